The van der Waals surface area contributed by atoms with Crippen LogP contribution < -0.4 is 4.74 Å². The average molecular weight is 465 g/mol. The number of benzene rings is 1. The van der Waals surface area contributed by atoms with E-state index < -0.39 is 0 Å². The molecule has 0 spiro atoms. The highest BCUT2D eigenvalue weighted by atomic mass is 16.5. The molecule has 1 N–H and O–H groups in total. The number of carbonyl (C=O) groups is 1. The Morgan fingerprint density at radius 1 is 0.794 bits per heavy atom. The van der Waals surface area contributed by atoms with Crippen molar-refractivity contribution in [2.75, 3.05) is 7.11 Å². The summed E-state index contributed by atoms with van der Waals surface area (Å²) in [5, 5.41) is 9.58. The quantitative estimate of drug-likeness (QED) is 0.188. The van der Waals surface area contributed by atoms with Crippen molar-refractivity contribution in [3.05, 3.63) is 96.7 Å². The van der Waals surface area contributed by atoms with Gasteiger partial charge in [0.25, 0.3) is 0 Å². The second-order valence-electron chi connectivity index (χ2n) is 7.62. The third-order valence-corrected chi connectivity index (χ3v) is 4.76. The van der Waals surface area contributed by atoms with Crippen LogP contribution in [-0.2, 0) is 16.1 Å². The molecule has 0 atom stereocenters. The van der Waals surface area contributed by atoms with E-state index in [9.17, 15) is 9.90 Å². The fraction of sp³-hybridized carbons (Fsp3) is 0.367. The van der Waals surface area contributed by atoms with Crippen LogP contribution in [0.3, 0.4) is 0 Å². The van der Waals surface area contributed by atoms with E-state index in [-0.39, 0.29) is 18.3 Å². The minimum absolute atomic E-state index is 0.0650. The van der Waals surface area contributed by atoms with Crippen molar-refractivity contribution in [3.63, 3.8) is 0 Å². The molecule has 34 heavy (non-hydrogen) atoms. The Balaban J connectivity index is 2.04. The van der Waals surface area contributed by atoms with Gasteiger partial charge in [-0.05, 0) is 62.6 Å². The Hall–Kier alpha value is -3.27. The number of phenols is 1. The number of aromatic hydroxyl groups is 1. The first-order valence-electron chi connectivity index (χ1n) is 12.1. The maximum absolute atomic E-state index is 11.9. The third kappa shape index (κ3) is 15.5. The molecule has 0 aromatic heterocycles. The zero-order valence-corrected chi connectivity index (χ0v) is 20.7. The molecule has 0 bridgehead atoms. The van der Waals surface area contributed by atoms with Crippen molar-refractivity contribution in [2.24, 2.45) is 0 Å². The molecule has 0 aliphatic carbocycles. The van der Waals surface area contributed by atoms with Crippen molar-refractivity contribution in [3.8, 4) is 11.5 Å². The van der Waals surface area contributed by atoms with E-state index in [1.807, 2.05) is 6.08 Å². The molecule has 1 aromatic carbocycles. The molecule has 0 heterocycles. The van der Waals surface area contributed by atoms with Crippen molar-refractivity contribution >= 4 is 5.97 Å². The first-order valence-corrected chi connectivity index (χ1v) is 12.1. The molecule has 0 saturated carbocycles. The summed E-state index contributed by atoms with van der Waals surface area (Å²) in [6, 6.07) is 4.89. The highest BCUT2D eigenvalue weighted by molar-refractivity contribution is 5.69. The lowest BCUT2D eigenvalue weighted by atomic mass is 10.2. The van der Waals surface area contributed by atoms with E-state index >= 15 is 0 Å². The van der Waals surface area contributed by atoms with Crippen LogP contribution in [-0.4, -0.2) is 18.2 Å². The van der Waals surface area contributed by atoms with Crippen LogP contribution in [0, 0.1) is 0 Å². The van der Waals surface area contributed by atoms with Gasteiger partial charge in [0.1, 0.15) is 6.61 Å². The SMILES string of the molecule is CC/C=C\C/C=C\C/C=C\C/C=C\C/C=C\C/C=C\CCC(=O)OCc1ccc(O)c(OC)c1. The van der Waals surface area contributed by atoms with Gasteiger partial charge in [0.05, 0.1) is 7.11 Å². The van der Waals surface area contributed by atoms with Crippen LogP contribution in [0.4, 0.5) is 0 Å². The van der Waals surface area contributed by atoms with Gasteiger partial charge in [-0.25, -0.2) is 0 Å². The molecular formula is C30H40O4. The molecule has 4 nitrogen and oxygen atoms in total. The molecule has 184 valence electrons. The van der Waals surface area contributed by atoms with Crippen LogP contribution in [0.5, 0.6) is 11.5 Å². The zero-order valence-electron chi connectivity index (χ0n) is 20.7. The van der Waals surface area contributed by atoms with Gasteiger partial charge in [-0.2, -0.15) is 0 Å². The molecule has 0 amide bonds. The van der Waals surface area contributed by atoms with Gasteiger partial charge < -0.3 is 14.6 Å². The normalized spacial score (nSPS) is 12.4. The van der Waals surface area contributed by atoms with Gasteiger partial charge in [-0.1, -0.05) is 85.9 Å². The third-order valence-electron chi connectivity index (χ3n) is 4.76. The van der Waals surface area contributed by atoms with Crippen LogP contribution >= 0.6 is 0 Å². The second-order valence-corrected chi connectivity index (χ2v) is 7.62. The molecule has 1 aromatic rings. The van der Waals surface area contributed by atoms with Crippen LogP contribution in [0.15, 0.2) is 91.1 Å². The highest BCUT2D eigenvalue weighted by Gasteiger charge is 2.05. The number of esters is 1. The molecule has 0 unspecified atom stereocenters. The molecule has 1 rings (SSSR count). The van der Waals surface area contributed by atoms with Crippen molar-refractivity contribution in [1.29, 1.82) is 0 Å². The summed E-state index contributed by atoms with van der Waals surface area (Å²) < 4.78 is 10.3. The van der Waals surface area contributed by atoms with Crippen LogP contribution in [0.25, 0.3) is 0 Å². The maximum Gasteiger partial charge on any atom is 0.306 e. The molecular weight excluding hydrogens is 424 g/mol. The number of hydrogen-bond donors (Lipinski definition) is 1. The lowest BCUT2D eigenvalue weighted by Gasteiger charge is -2.07. The van der Waals surface area contributed by atoms with E-state index in [4.69, 9.17) is 9.47 Å². The summed E-state index contributed by atoms with van der Waals surface area (Å²) in [6.45, 7) is 2.31. The van der Waals surface area contributed by atoms with Gasteiger partial charge in [-0.3, -0.25) is 4.79 Å². The molecule has 0 saturated heterocycles. The highest BCUT2D eigenvalue weighted by Crippen LogP contribution is 2.26. The number of allylic oxidation sites excluding steroid dienone is 12. The lowest BCUT2D eigenvalue weighted by Crippen LogP contribution is -2.04. The Bertz CT molecular complexity index is 857. The van der Waals surface area contributed by atoms with E-state index in [0.29, 0.717) is 18.6 Å². The first kappa shape index (κ1) is 28.8. The Labute approximate surface area is 205 Å². The smallest absolute Gasteiger partial charge is 0.306 e. The standard InChI is InChI=1S/C30H40O4/c1-3-4-5-6-7-8-9-10-11-12-13-14-15-16-17-18-19-20-21-22-30(32)34-26-27-23-24-28(31)29(25-27)33-2/h4-5,7-8,10-11,13-14,16-17,19-20,23-25,31H,3,6,9,12,15,18,21-22,26H2,1-2H3/b5-4-,8-7-,11-10-,14-13-,17-16-,20-19-. The molecule has 0 aliphatic rings. The average Bonchev–Trinajstić information content (AvgIpc) is 2.85. The van der Waals surface area contributed by atoms with E-state index in [1.165, 1.54) is 13.2 Å². The van der Waals surface area contributed by atoms with Gasteiger partial charge in [0.2, 0.25) is 0 Å². The molecule has 0 fully saturated rings. The predicted molar refractivity (Wildman–Crippen MR) is 142 cm³/mol. The van der Waals surface area contributed by atoms with Crippen molar-refractivity contribution in [2.45, 2.75) is 64.9 Å². The zero-order chi connectivity index (χ0) is 24.7. The summed E-state index contributed by atoms with van der Waals surface area (Å²) >= 11 is 0. The summed E-state index contributed by atoms with van der Waals surface area (Å²) in [5.74, 6) is 0.188. The number of hydrogen-bond acceptors (Lipinski definition) is 4. The minimum Gasteiger partial charge on any atom is -0.504 e. The maximum atomic E-state index is 11.9. The Kier molecular flexibility index (Phi) is 17.2. The monoisotopic (exact) mass is 464 g/mol. The molecule has 4 heteroatoms. The minimum atomic E-state index is -0.244. The Morgan fingerprint density at radius 3 is 1.79 bits per heavy atom. The number of methoxy groups -OCH3 is 1. The van der Waals surface area contributed by atoms with E-state index in [0.717, 1.165) is 44.1 Å². The number of ether oxygens (including phenoxy) is 2. The van der Waals surface area contributed by atoms with Gasteiger partial charge >= 0.3 is 5.97 Å². The predicted octanol–water partition coefficient (Wildman–Crippen LogP) is 7.92. The number of rotatable bonds is 17. The summed E-state index contributed by atoms with van der Waals surface area (Å²) in [5.41, 5.74) is 0.775. The van der Waals surface area contributed by atoms with Crippen molar-refractivity contribution < 1.29 is 19.4 Å². The van der Waals surface area contributed by atoms with Gasteiger partial charge in [-0.15, -0.1) is 0 Å². The van der Waals surface area contributed by atoms with Crippen molar-refractivity contribution in [1.82, 2.24) is 0 Å². The topological polar surface area (TPSA) is 55.8 Å². The Morgan fingerprint density at radius 2 is 1.29 bits per heavy atom. The van der Waals surface area contributed by atoms with Crippen LogP contribution in [0.1, 0.15) is 63.9 Å². The van der Waals surface area contributed by atoms with Gasteiger partial charge in [0, 0.05) is 6.42 Å². The second kappa shape index (κ2) is 20.3. The van der Waals surface area contributed by atoms with E-state index in [2.05, 4.69) is 73.8 Å². The lowest BCUT2D eigenvalue weighted by molar-refractivity contribution is -0.144. The fourth-order valence-corrected chi connectivity index (χ4v) is 2.89. The van der Waals surface area contributed by atoms with Crippen LogP contribution in [0.2, 0.25) is 0 Å². The van der Waals surface area contributed by atoms with E-state index in [1.54, 1.807) is 12.1 Å². The van der Waals surface area contributed by atoms with Gasteiger partial charge in [0.15, 0.2) is 11.5 Å². The molecule has 0 radical (unpaired) electrons. The summed E-state index contributed by atoms with van der Waals surface area (Å²) in [7, 11) is 1.48. The largest absolute Gasteiger partial charge is 0.504 e. The number of carbonyl (C=O) groups excluding carboxylic acids is 1. The fourth-order valence-electron chi connectivity index (χ4n) is 2.89. The molecule has 0 aliphatic heterocycles. The first-order chi connectivity index (χ1) is 16.7. The summed E-state index contributed by atoms with van der Waals surface area (Å²) in [4.78, 5) is 11.9. The summed E-state index contributed by atoms with van der Waals surface area (Å²) in [6.07, 6.45) is 32.8. The number of phenolic OH excluding ortho intramolecular Hbond substituents is 1.